The van der Waals surface area contributed by atoms with Gasteiger partial charge in [-0.05, 0) is 67.1 Å². The van der Waals surface area contributed by atoms with Gasteiger partial charge in [-0.25, -0.2) is 4.39 Å². The van der Waals surface area contributed by atoms with Crippen LogP contribution in [0.1, 0.15) is 15.9 Å². The van der Waals surface area contributed by atoms with E-state index in [1.165, 1.54) is 23.0 Å². The van der Waals surface area contributed by atoms with E-state index in [-0.39, 0.29) is 11.5 Å². The molecular formula is C20H14ClFN4O. The number of nitrogens with zero attached hydrogens (tertiary/aromatic N) is 3. The van der Waals surface area contributed by atoms with E-state index in [0.29, 0.717) is 21.7 Å². The van der Waals surface area contributed by atoms with Gasteiger partial charge in [0.1, 0.15) is 16.9 Å². The Hall–Kier alpha value is -3.25. The predicted molar refractivity (Wildman–Crippen MR) is 103 cm³/mol. The van der Waals surface area contributed by atoms with Gasteiger partial charge < -0.3 is 5.32 Å². The molecule has 1 aromatic heterocycles. The minimum absolute atomic E-state index is 0.249. The zero-order valence-corrected chi connectivity index (χ0v) is 15.0. The van der Waals surface area contributed by atoms with Gasteiger partial charge in [0.2, 0.25) is 0 Å². The van der Waals surface area contributed by atoms with Crippen LogP contribution in [0.3, 0.4) is 0 Å². The molecule has 1 heterocycles. The molecule has 0 aliphatic carbocycles. The van der Waals surface area contributed by atoms with Crippen LogP contribution in [0.15, 0.2) is 60.7 Å². The smallest absolute Gasteiger partial charge is 0.255 e. The van der Waals surface area contributed by atoms with Crippen molar-refractivity contribution >= 4 is 34.2 Å². The molecule has 0 aliphatic heterocycles. The predicted octanol–water partition coefficient (Wildman–Crippen LogP) is 4.77. The number of fused-ring (bicyclic) bond motifs is 1. The number of hydrogen-bond donors (Lipinski definition) is 1. The Kier molecular flexibility index (Phi) is 4.33. The van der Waals surface area contributed by atoms with Crippen LogP contribution >= 0.6 is 11.6 Å². The lowest BCUT2D eigenvalue weighted by molar-refractivity contribution is 0.102. The first kappa shape index (κ1) is 17.2. The van der Waals surface area contributed by atoms with Crippen molar-refractivity contribution < 1.29 is 9.18 Å². The first-order chi connectivity index (χ1) is 13.0. The average Bonchev–Trinajstić information content (AvgIpc) is 3.05. The highest BCUT2D eigenvalue weighted by atomic mass is 35.5. The number of benzene rings is 3. The summed E-state index contributed by atoms with van der Waals surface area (Å²) in [7, 11) is 0. The number of anilines is 1. The Morgan fingerprint density at radius 1 is 1.04 bits per heavy atom. The lowest BCUT2D eigenvalue weighted by Gasteiger charge is -2.08. The van der Waals surface area contributed by atoms with Crippen molar-refractivity contribution in [2.24, 2.45) is 0 Å². The van der Waals surface area contributed by atoms with E-state index in [1.54, 1.807) is 24.3 Å². The molecule has 4 aromatic rings. The molecule has 0 fully saturated rings. The number of aromatic nitrogens is 3. The van der Waals surface area contributed by atoms with Crippen molar-refractivity contribution in [3.05, 3.63) is 82.6 Å². The van der Waals surface area contributed by atoms with Gasteiger partial charge in [0.05, 0.1) is 5.69 Å². The second kappa shape index (κ2) is 6.81. The first-order valence-electron chi connectivity index (χ1n) is 8.20. The molecule has 0 radical (unpaired) electrons. The van der Waals surface area contributed by atoms with Crippen LogP contribution in [0.25, 0.3) is 16.7 Å². The van der Waals surface area contributed by atoms with E-state index >= 15 is 0 Å². The van der Waals surface area contributed by atoms with Crippen LogP contribution in [-0.2, 0) is 0 Å². The van der Waals surface area contributed by atoms with Crippen LogP contribution in [0.4, 0.5) is 10.1 Å². The molecule has 27 heavy (non-hydrogen) atoms. The largest absolute Gasteiger partial charge is 0.322 e. The number of aryl methyl sites for hydroxylation is 1. The second-order valence-corrected chi connectivity index (χ2v) is 6.52. The van der Waals surface area contributed by atoms with Gasteiger partial charge in [-0.1, -0.05) is 17.7 Å². The normalized spacial score (nSPS) is 10.9. The molecule has 0 saturated heterocycles. The van der Waals surface area contributed by atoms with Gasteiger partial charge in [-0.15, -0.1) is 10.2 Å². The minimum Gasteiger partial charge on any atom is -0.322 e. The van der Waals surface area contributed by atoms with Crippen LogP contribution in [0.2, 0.25) is 5.02 Å². The fraction of sp³-hybridized carbons (Fsp3) is 0.0500. The first-order valence-corrected chi connectivity index (χ1v) is 8.58. The third-order valence-electron chi connectivity index (χ3n) is 4.12. The Labute approximate surface area is 159 Å². The molecule has 5 nitrogen and oxygen atoms in total. The number of rotatable bonds is 3. The Morgan fingerprint density at radius 2 is 1.74 bits per heavy atom. The molecule has 0 aliphatic rings. The fourth-order valence-electron chi connectivity index (χ4n) is 2.72. The zero-order valence-electron chi connectivity index (χ0n) is 14.3. The molecule has 3 aromatic carbocycles. The summed E-state index contributed by atoms with van der Waals surface area (Å²) >= 11 is 5.91. The molecule has 0 atom stereocenters. The third kappa shape index (κ3) is 3.52. The van der Waals surface area contributed by atoms with Gasteiger partial charge in [-0.3, -0.25) is 4.79 Å². The Bertz CT molecular complexity index is 1150. The van der Waals surface area contributed by atoms with Crippen molar-refractivity contribution in [1.29, 1.82) is 0 Å². The van der Waals surface area contributed by atoms with Crippen molar-refractivity contribution in [2.75, 3.05) is 5.32 Å². The summed E-state index contributed by atoms with van der Waals surface area (Å²) in [6.45, 7) is 1.86. The Balaban J connectivity index is 1.67. The number of halogens is 2. The highest BCUT2D eigenvalue weighted by Gasteiger charge is 2.12. The molecule has 7 heteroatoms. The standard InChI is InChI=1S/C20H14ClFN4O/c1-12-9-18-19(25-26(24-18)16-7-5-14(21)6-8-16)11-17(12)23-20(27)13-3-2-4-15(22)10-13/h2-11H,1H3,(H,23,27). The van der Waals surface area contributed by atoms with Gasteiger partial charge in [0.25, 0.3) is 5.91 Å². The highest BCUT2D eigenvalue weighted by molar-refractivity contribution is 6.30. The van der Waals surface area contributed by atoms with E-state index in [2.05, 4.69) is 15.5 Å². The number of nitrogens with one attached hydrogen (secondary N) is 1. The lowest BCUT2D eigenvalue weighted by atomic mass is 10.1. The van der Waals surface area contributed by atoms with Crippen molar-refractivity contribution in [3.63, 3.8) is 0 Å². The molecule has 4 rings (SSSR count). The number of carbonyl (C=O) groups is 1. The minimum atomic E-state index is -0.458. The Morgan fingerprint density at radius 3 is 2.44 bits per heavy atom. The average molecular weight is 381 g/mol. The summed E-state index contributed by atoms with van der Waals surface area (Å²) in [6, 6.07) is 16.3. The third-order valence-corrected chi connectivity index (χ3v) is 4.37. The maximum Gasteiger partial charge on any atom is 0.255 e. The topological polar surface area (TPSA) is 59.8 Å². The summed E-state index contributed by atoms with van der Waals surface area (Å²) in [6.07, 6.45) is 0. The molecule has 0 unspecified atom stereocenters. The maximum atomic E-state index is 13.3. The fourth-order valence-corrected chi connectivity index (χ4v) is 2.84. The summed E-state index contributed by atoms with van der Waals surface area (Å²) in [5.74, 6) is -0.845. The molecule has 1 N–H and O–H groups in total. The SMILES string of the molecule is Cc1cc2nn(-c3ccc(Cl)cc3)nc2cc1NC(=O)c1cccc(F)c1. The van der Waals surface area contributed by atoms with Crippen molar-refractivity contribution in [2.45, 2.75) is 6.92 Å². The number of hydrogen-bond acceptors (Lipinski definition) is 3. The number of carbonyl (C=O) groups excluding carboxylic acids is 1. The van der Waals surface area contributed by atoms with Gasteiger partial charge in [0, 0.05) is 16.3 Å². The van der Waals surface area contributed by atoms with Gasteiger partial charge in [0.15, 0.2) is 0 Å². The van der Waals surface area contributed by atoms with Crippen LogP contribution in [0, 0.1) is 12.7 Å². The van der Waals surface area contributed by atoms with Crippen LogP contribution < -0.4 is 5.32 Å². The van der Waals surface area contributed by atoms with E-state index in [0.717, 1.165) is 11.3 Å². The van der Waals surface area contributed by atoms with Crippen molar-refractivity contribution in [1.82, 2.24) is 15.0 Å². The van der Waals surface area contributed by atoms with E-state index < -0.39 is 5.82 Å². The molecule has 134 valence electrons. The van der Waals surface area contributed by atoms with E-state index in [1.807, 2.05) is 25.1 Å². The molecule has 0 bridgehead atoms. The summed E-state index contributed by atoms with van der Waals surface area (Å²) in [5, 5.41) is 12.4. The van der Waals surface area contributed by atoms with Crippen LogP contribution in [0.5, 0.6) is 0 Å². The van der Waals surface area contributed by atoms with E-state index in [4.69, 9.17) is 11.6 Å². The van der Waals surface area contributed by atoms with Gasteiger partial charge >= 0.3 is 0 Å². The van der Waals surface area contributed by atoms with Crippen molar-refractivity contribution in [3.8, 4) is 5.69 Å². The quantitative estimate of drug-likeness (QED) is 0.556. The monoisotopic (exact) mass is 380 g/mol. The maximum absolute atomic E-state index is 13.3. The summed E-state index contributed by atoms with van der Waals surface area (Å²) in [5.41, 5.74) is 3.78. The second-order valence-electron chi connectivity index (χ2n) is 6.09. The van der Waals surface area contributed by atoms with Crippen LogP contribution in [-0.4, -0.2) is 20.9 Å². The summed E-state index contributed by atoms with van der Waals surface area (Å²) < 4.78 is 13.3. The molecule has 0 saturated carbocycles. The summed E-state index contributed by atoms with van der Waals surface area (Å²) in [4.78, 5) is 13.9. The zero-order chi connectivity index (χ0) is 19.0. The molecule has 1 amide bonds. The van der Waals surface area contributed by atoms with Gasteiger partial charge in [-0.2, -0.15) is 4.80 Å². The highest BCUT2D eigenvalue weighted by Crippen LogP contribution is 2.23. The van der Waals surface area contributed by atoms with E-state index in [9.17, 15) is 9.18 Å². The lowest BCUT2D eigenvalue weighted by Crippen LogP contribution is -2.12. The molecule has 0 spiro atoms. The molecular weight excluding hydrogens is 367 g/mol. The number of amides is 1.